The van der Waals surface area contributed by atoms with E-state index in [1.54, 1.807) is 11.6 Å². The maximum absolute atomic E-state index is 13.5. The van der Waals surface area contributed by atoms with Gasteiger partial charge >= 0.3 is 6.18 Å². The van der Waals surface area contributed by atoms with Crippen molar-refractivity contribution in [2.45, 2.75) is 62.8 Å². The largest absolute Gasteiger partial charge is 0.492 e. The molecule has 0 radical (unpaired) electrons. The number of halogens is 3. The molecule has 30 heavy (non-hydrogen) atoms. The summed E-state index contributed by atoms with van der Waals surface area (Å²) in [6.45, 7) is 4.20. The molecule has 6 nitrogen and oxygen atoms in total. The van der Waals surface area contributed by atoms with E-state index in [0.29, 0.717) is 12.2 Å². The average molecular weight is 443 g/mol. The molecule has 3 atom stereocenters. The number of ether oxygens (including phenoxy) is 1. The van der Waals surface area contributed by atoms with Crippen LogP contribution in [0.5, 0.6) is 5.75 Å². The second kappa shape index (κ2) is 7.56. The molecule has 1 saturated heterocycles. The van der Waals surface area contributed by atoms with Gasteiger partial charge in [-0.15, -0.1) is 0 Å². The summed E-state index contributed by atoms with van der Waals surface area (Å²) in [5.41, 5.74) is -0.210. The Morgan fingerprint density at radius 2 is 2.03 bits per heavy atom. The Morgan fingerprint density at radius 1 is 1.27 bits per heavy atom. The zero-order chi connectivity index (χ0) is 21.7. The molecule has 2 aromatic rings. The Balaban J connectivity index is 1.58. The molecule has 4 rings (SSSR count). The molecule has 2 aliphatic rings. The van der Waals surface area contributed by atoms with Crippen LogP contribution in [-0.4, -0.2) is 41.2 Å². The maximum Gasteiger partial charge on any atom is 0.416 e. The van der Waals surface area contributed by atoms with Gasteiger partial charge in [0.1, 0.15) is 17.3 Å². The number of fused-ring (bicyclic) bond motifs is 2. The minimum Gasteiger partial charge on any atom is -0.492 e. The van der Waals surface area contributed by atoms with Gasteiger partial charge in [0.15, 0.2) is 0 Å². The van der Waals surface area contributed by atoms with Gasteiger partial charge in [-0.3, -0.25) is 4.68 Å². The second-order valence-electron chi connectivity index (χ2n) is 7.88. The predicted octanol–water partition coefficient (Wildman–Crippen LogP) is 3.85. The highest BCUT2D eigenvalue weighted by Crippen LogP contribution is 2.45. The number of benzene rings is 1. The van der Waals surface area contributed by atoms with Gasteiger partial charge in [0.2, 0.25) is 10.0 Å². The van der Waals surface area contributed by atoms with Crippen molar-refractivity contribution in [3.63, 3.8) is 0 Å². The number of hydrogen-bond acceptors (Lipinski definition) is 4. The van der Waals surface area contributed by atoms with E-state index in [0.717, 1.165) is 31.4 Å². The molecular weight excluding hydrogens is 419 g/mol. The molecule has 2 unspecified atom stereocenters. The normalized spacial score (nSPS) is 24.5. The van der Waals surface area contributed by atoms with Gasteiger partial charge in [0.05, 0.1) is 23.5 Å². The predicted molar refractivity (Wildman–Crippen MR) is 104 cm³/mol. The number of piperidine rings is 1. The molecule has 0 spiro atoms. The van der Waals surface area contributed by atoms with Crippen molar-refractivity contribution in [1.82, 2.24) is 14.1 Å². The number of sulfonamides is 1. The first-order valence-corrected chi connectivity index (χ1v) is 11.4. The molecule has 0 N–H and O–H groups in total. The second-order valence-corrected chi connectivity index (χ2v) is 9.69. The van der Waals surface area contributed by atoms with Gasteiger partial charge in [0, 0.05) is 12.6 Å². The summed E-state index contributed by atoms with van der Waals surface area (Å²) in [4.78, 5) is 0.181. The minimum atomic E-state index is -4.46. The molecule has 1 aliphatic carbocycles. The highest BCUT2D eigenvalue weighted by molar-refractivity contribution is 7.89. The highest BCUT2D eigenvalue weighted by Gasteiger charge is 2.52. The van der Waals surface area contributed by atoms with E-state index in [1.807, 2.05) is 6.92 Å². The zero-order valence-electron chi connectivity index (χ0n) is 16.8. The first-order valence-electron chi connectivity index (χ1n) is 9.99. The van der Waals surface area contributed by atoms with Crippen molar-refractivity contribution in [1.29, 1.82) is 0 Å². The monoisotopic (exact) mass is 443 g/mol. The first-order chi connectivity index (χ1) is 14.1. The molecule has 2 fully saturated rings. The van der Waals surface area contributed by atoms with Gasteiger partial charge in [-0.1, -0.05) is 6.07 Å². The summed E-state index contributed by atoms with van der Waals surface area (Å²) in [6, 6.07) is 4.15. The third kappa shape index (κ3) is 3.60. The van der Waals surface area contributed by atoms with Gasteiger partial charge in [-0.2, -0.15) is 22.6 Å². The Hall–Kier alpha value is -2.07. The third-order valence-electron chi connectivity index (χ3n) is 6.17. The lowest BCUT2D eigenvalue weighted by Crippen LogP contribution is -2.47. The SMILES string of the molecule is CCn1ncc(S(=O)(=O)N2C3CCC(C3)[C@@H]2COc2cccc(C(F)(F)F)c2)c1C. The Kier molecular flexibility index (Phi) is 5.34. The van der Waals surface area contributed by atoms with Crippen LogP contribution >= 0.6 is 0 Å². The lowest BCUT2D eigenvalue weighted by molar-refractivity contribution is -0.137. The number of alkyl halides is 3. The Morgan fingerprint density at radius 3 is 2.70 bits per heavy atom. The van der Waals surface area contributed by atoms with Crippen molar-refractivity contribution < 1.29 is 26.3 Å². The number of rotatable bonds is 6. The van der Waals surface area contributed by atoms with E-state index < -0.39 is 27.8 Å². The third-order valence-corrected chi connectivity index (χ3v) is 8.25. The molecule has 2 heterocycles. The molecule has 1 aromatic carbocycles. The molecule has 10 heteroatoms. The van der Waals surface area contributed by atoms with Crippen LogP contribution in [0.3, 0.4) is 0 Å². The quantitative estimate of drug-likeness (QED) is 0.680. The van der Waals surface area contributed by atoms with Crippen molar-refractivity contribution in [3.8, 4) is 5.75 Å². The van der Waals surface area contributed by atoms with Gasteiger partial charge in [0.25, 0.3) is 0 Å². The van der Waals surface area contributed by atoms with Crippen LogP contribution in [0.25, 0.3) is 0 Å². The molecular formula is C20H24F3N3O3S. The number of aromatic nitrogens is 2. The minimum absolute atomic E-state index is 0.0165. The maximum atomic E-state index is 13.5. The van der Waals surface area contributed by atoms with E-state index in [4.69, 9.17) is 4.74 Å². The van der Waals surface area contributed by atoms with Gasteiger partial charge in [-0.05, 0) is 57.2 Å². The molecule has 1 saturated carbocycles. The summed E-state index contributed by atoms with van der Waals surface area (Å²) < 4.78 is 74.6. The van der Waals surface area contributed by atoms with Crippen molar-refractivity contribution in [3.05, 3.63) is 41.7 Å². The molecule has 164 valence electrons. The zero-order valence-corrected chi connectivity index (χ0v) is 17.6. The van der Waals surface area contributed by atoms with Gasteiger partial charge in [-0.25, -0.2) is 8.42 Å². The fraction of sp³-hybridized carbons (Fsp3) is 0.550. The van der Waals surface area contributed by atoms with E-state index in [2.05, 4.69) is 5.10 Å². The van der Waals surface area contributed by atoms with E-state index >= 15 is 0 Å². The fourth-order valence-electron chi connectivity index (χ4n) is 4.69. The van der Waals surface area contributed by atoms with Crippen molar-refractivity contribution >= 4 is 10.0 Å². The summed E-state index contributed by atoms with van der Waals surface area (Å²) in [5, 5.41) is 4.16. The summed E-state index contributed by atoms with van der Waals surface area (Å²) >= 11 is 0. The standard InChI is InChI=1S/C20H24F3N3O3S/c1-3-25-13(2)19(11-24-25)30(27,28)26-16-8-7-14(9-16)18(26)12-29-17-6-4-5-15(10-17)20(21,22)23/h4-6,10-11,14,16,18H,3,7-9,12H2,1-2H3/t14?,16?,18-/m0/s1. The summed E-state index contributed by atoms with van der Waals surface area (Å²) in [7, 11) is -3.78. The molecule has 1 aromatic heterocycles. The van der Waals surface area contributed by atoms with Crippen LogP contribution in [0, 0.1) is 12.8 Å². The fourth-order valence-corrected chi connectivity index (χ4v) is 6.75. The van der Waals surface area contributed by atoms with Crippen molar-refractivity contribution in [2.75, 3.05) is 6.61 Å². The molecule has 0 amide bonds. The average Bonchev–Trinajstić information content (AvgIpc) is 3.40. The lowest BCUT2D eigenvalue weighted by Gasteiger charge is -2.34. The number of aryl methyl sites for hydroxylation is 1. The molecule has 2 bridgehead atoms. The first kappa shape index (κ1) is 21.2. The van der Waals surface area contributed by atoms with Crippen LogP contribution in [0.1, 0.15) is 37.4 Å². The van der Waals surface area contributed by atoms with Crippen LogP contribution in [0.4, 0.5) is 13.2 Å². The highest BCUT2D eigenvalue weighted by atomic mass is 32.2. The number of hydrogen-bond donors (Lipinski definition) is 0. The summed E-state index contributed by atoms with van der Waals surface area (Å²) in [5.74, 6) is 0.219. The summed E-state index contributed by atoms with van der Waals surface area (Å²) in [6.07, 6.45) is -0.661. The van der Waals surface area contributed by atoms with Crippen LogP contribution < -0.4 is 4.74 Å². The lowest BCUT2D eigenvalue weighted by atomic mass is 10.0. The van der Waals surface area contributed by atoms with Crippen LogP contribution in [0.2, 0.25) is 0 Å². The van der Waals surface area contributed by atoms with Crippen LogP contribution in [0.15, 0.2) is 35.4 Å². The van der Waals surface area contributed by atoms with Crippen molar-refractivity contribution in [2.24, 2.45) is 5.92 Å². The number of nitrogens with zero attached hydrogens (tertiary/aromatic N) is 3. The van der Waals surface area contributed by atoms with E-state index in [9.17, 15) is 21.6 Å². The molecule has 1 aliphatic heterocycles. The Labute approximate surface area is 173 Å². The topological polar surface area (TPSA) is 64.4 Å². The van der Waals surface area contributed by atoms with E-state index in [-0.39, 0.29) is 29.2 Å². The smallest absolute Gasteiger partial charge is 0.416 e. The van der Waals surface area contributed by atoms with E-state index in [1.165, 1.54) is 22.6 Å². The van der Waals surface area contributed by atoms with Gasteiger partial charge < -0.3 is 4.74 Å². The van der Waals surface area contributed by atoms with Crippen LogP contribution in [-0.2, 0) is 22.7 Å². The Bertz CT molecular complexity index is 1040.